The van der Waals surface area contributed by atoms with Gasteiger partial charge in [0, 0.05) is 18.7 Å². The van der Waals surface area contributed by atoms with E-state index in [1.165, 1.54) is 38.6 Å². The highest BCUT2D eigenvalue weighted by Crippen LogP contribution is 2.36. The van der Waals surface area contributed by atoms with E-state index in [1.807, 2.05) is 0 Å². The zero-order chi connectivity index (χ0) is 7.97. The first kappa shape index (κ1) is 7.34. The molecule has 0 aromatic carbocycles. The Morgan fingerprint density at radius 3 is 3.08 bits per heavy atom. The van der Waals surface area contributed by atoms with Gasteiger partial charge in [-0.05, 0) is 38.6 Å². The van der Waals surface area contributed by atoms with Crippen molar-refractivity contribution in [2.45, 2.75) is 50.3 Å². The average Bonchev–Trinajstić information content (AvgIpc) is 2.71. The van der Waals surface area contributed by atoms with Gasteiger partial charge < -0.3 is 4.74 Å². The minimum atomic E-state index is 0.597. The second-order valence-corrected chi connectivity index (χ2v) is 4.38. The largest absolute Gasteiger partial charge is 0.377 e. The number of fused-ring (bicyclic) bond motifs is 3. The van der Waals surface area contributed by atoms with Crippen molar-refractivity contribution < 1.29 is 4.74 Å². The summed E-state index contributed by atoms with van der Waals surface area (Å²) < 4.78 is 5.72. The first-order valence-electron chi connectivity index (χ1n) is 5.32. The summed E-state index contributed by atoms with van der Waals surface area (Å²) in [7, 11) is 0. The SMILES string of the molecule is C1CC2CCC3OCCC3N2C1. The fraction of sp³-hybridized carbons (Fsp3) is 1.00. The minimum absolute atomic E-state index is 0.597. The zero-order valence-corrected chi connectivity index (χ0v) is 7.54. The molecule has 3 atom stereocenters. The van der Waals surface area contributed by atoms with Crippen molar-refractivity contribution >= 4 is 0 Å². The second-order valence-electron chi connectivity index (χ2n) is 4.38. The molecule has 3 aliphatic heterocycles. The van der Waals surface area contributed by atoms with E-state index in [4.69, 9.17) is 4.74 Å². The molecule has 3 unspecified atom stereocenters. The number of nitrogens with zero attached hydrogens (tertiary/aromatic N) is 1. The summed E-state index contributed by atoms with van der Waals surface area (Å²) in [6.07, 6.45) is 7.48. The Morgan fingerprint density at radius 2 is 2.08 bits per heavy atom. The zero-order valence-electron chi connectivity index (χ0n) is 7.54. The van der Waals surface area contributed by atoms with Crippen LogP contribution in [0.25, 0.3) is 0 Å². The Labute approximate surface area is 73.9 Å². The number of piperidine rings is 1. The van der Waals surface area contributed by atoms with Gasteiger partial charge in [-0.2, -0.15) is 0 Å². The van der Waals surface area contributed by atoms with Crippen LogP contribution in [0.3, 0.4) is 0 Å². The van der Waals surface area contributed by atoms with Crippen LogP contribution in [-0.2, 0) is 4.74 Å². The predicted octanol–water partition coefficient (Wildman–Crippen LogP) is 1.40. The van der Waals surface area contributed by atoms with E-state index in [0.29, 0.717) is 6.10 Å². The average molecular weight is 167 g/mol. The van der Waals surface area contributed by atoms with Crippen molar-refractivity contribution in [3.05, 3.63) is 0 Å². The highest BCUT2D eigenvalue weighted by atomic mass is 16.5. The molecule has 2 heteroatoms. The van der Waals surface area contributed by atoms with E-state index in [9.17, 15) is 0 Å². The lowest BCUT2D eigenvalue weighted by Gasteiger charge is -2.38. The molecule has 0 amide bonds. The summed E-state index contributed by atoms with van der Waals surface area (Å²) in [5.41, 5.74) is 0. The summed E-state index contributed by atoms with van der Waals surface area (Å²) >= 11 is 0. The minimum Gasteiger partial charge on any atom is -0.377 e. The molecule has 0 spiro atoms. The maximum Gasteiger partial charge on any atom is 0.0731 e. The van der Waals surface area contributed by atoms with Crippen LogP contribution in [0.4, 0.5) is 0 Å². The van der Waals surface area contributed by atoms with Gasteiger partial charge >= 0.3 is 0 Å². The Balaban J connectivity index is 1.81. The first-order chi connectivity index (χ1) is 5.95. The van der Waals surface area contributed by atoms with Gasteiger partial charge in [0.15, 0.2) is 0 Å². The summed E-state index contributed by atoms with van der Waals surface area (Å²) in [4.78, 5) is 2.72. The molecule has 68 valence electrons. The molecule has 0 aromatic heterocycles. The molecule has 0 aromatic rings. The maximum absolute atomic E-state index is 5.72. The monoisotopic (exact) mass is 167 g/mol. The van der Waals surface area contributed by atoms with Crippen molar-refractivity contribution in [1.82, 2.24) is 4.90 Å². The van der Waals surface area contributed by atoms with Crippen LogP contribution in [-0.4, -0.2) is 36.2 Å². The van der Waals surface area contributed by atoms with Crippen LogP contribution >= 0.6 is 0 Å². The number of rotatable bonds is 0. The van der Waals surface area contributed by atoms with Gasteiger partial charge in [0.05, 0.1) is 6.10 Å². The number of hydrogen-bond donors (Lipinski definition) is 0. The van der Waals surface area contributed by atoms with Crippen LogP contribution in [0, 0.1) is 0 Å². The Hall–Kier alpha value is -0.0800. The van der Waals surface area contributed by atoms with Crippen molar-refractivity contribution in [1.29, 1.82) is 0 Å². The van der Waals surface area contributed by atoms with E-state index >= 15 is 0 Å². The second kappa shape index (κ2) is 2.71. The Kier molecular flexibility index (Phi) is 1.66. The van der Waals surface area contributed by atoms with E-state index in [0.717, 1.165) is 18.7 Å². The van der Waals surface area contributed by atoms with Gasteiger partial charge in [0.25, 0.3) is 0 Å². The summed E-state index contributed by atoms with van der Waals surface area (Å²) in [5, 5.41) is 0. The molecule has 3 saturated heterocycles. The lowest BCUT2D eigenvalue weighted by Crippen LogP contribution is -2.48. The van der Waals surface area contributed by atoms with Crippen molar-refractivity contribution in [3.8, 4) is 0 Å². The molecule has 0 bridgehead atoms. The van der Waals surface area contributed by atoms with E-state index in [1.54, 1.807) is 0 Å². The van der Waals surface area contributed by atoms with Crippen LogP contribution < -0.4 is 0 Å². The summed E-state index contributed by atoms with van der Waals surface area (Å²) in [6.45, 7) is 2.35. The van der Waals surface area contributed by atoms with Gasteiger partial charge in [-0.15, -0.1) is 0 Å². The highest BCUT2D eigenvalue weighted by molar-refractivity contribution is 4.96. The van der Waals surface area contributed by atoms with Gasteiger partial charge in [-0.25, -0.2) is 0 Å². The van der Waals surface area contributed by atoms with Crippen molar-refractivity contribution in [3.63, 3.8) is 0 Å². The number of hydrogen-bond acceptors (Lipinski definition) is 2. The lowest BCUT2D eigenvalue weighted by molar-refractivity contribution is 0.0145. The normalized spacial score (nSPS) is 47.5. The van der Waals surface area contributed by atoms with Gasteiger partial charge in [0.1, 0.15) is 0 Å². The smallest absolute Gasteiger partial charge is 0.0731 e. The summed E-state index contributed by atoms with van der Waals surface area (Å²) in [5.74, 6) is 0. The van der Waals surface area contributed by atoms with Crippen LogP contribution in [0.5, 0.6) is 0 Å². The lowest BCUT2D eigenvalue weighted by atomic mass is 9.94. The van der Waals surface area contributed by atoms with Gasteiger partial charge in [-0.3, -0.25) is 4.90 Å². The molecular formula is C10H17NO. The Morgan fingerprint density at radius 1 is 1.08 bits per heavy atom. The standard InChI is InChI=1S/C10H17NO/c1-2-8-3-4-10-9(5-7-12-10)11(8)6-1/h8-10H,1-7H2. The Bertz CT molecular complexity index is 163. The molecule has 0 saturated carbocycles. The molecule has 3 rings (SSSR count). The third kappa shape index (κ3) is 0.944. The quantitative estimate of drug-likeness (QED) is 0.541. The fourth-order valence-electron chi connectivity index (χ4n) is 3.25. The van der Waals surface area contributed by atoms with Crippen molar-refractivity contribution in [2.75, 3.05) is 13.2 Å². The molecule has 2 nitrogen and oxygen atoms in total. The molecular weight excluding hydrogens is 150 g/mol. The van der Waals surface area contributed by atoms with Crippen LogP contribution in [0.15, 0.2) is 0 Å². The topological polar surface area (TPSA) is 12.5 Å². The molecule has 12 heavy (non-hydrogen) atoms. The van der Waals surface area contributed by atoms with Crippen LogP contribution in [0.2, 0.25) is 0 Å². The van der Waals surface area contributed by atoms with E-state index < -0.39 is 0 Å². The van der Waals surface area contributed by atoms with Gasteiger partial charge in [0.2, 0.25) is 0 Å². The molecule has 3 aliphatic rings. The molecule has 0 radical (unpaired) electrons. The maximum atomic E-state index is 5.72. The fourth-order valence-corrected chi connectivity index (χ4v) is 3.25. The number of ether oxygens (including phenoxy) is 1. The third-order valence-corrected chi connectivity index (χ3v) is 3.81. The van der Waals surface area contributed by atoms with Gasteiger partial charge in [-0.1, -0.05) is 0 Å². The third-order valence-electron chi connectivity index (χ3n) is 3.81. The molecule has 0 N–H and O–H groups in total. The van der Waals surface area contributed by atoms with E-state index in [-0.39, 0.29) is 0 Å². The highest BCUT2D eigenvalue weighted by Gasteiger charge is 2.42. The molecule has 0 aliphatic carbocycles. The van der Waals surface area contributed by atoms with Crippen molar-refractivity contribution in [2.24, 2.45) is 0 Å². The van der Waals surface area contributed by atoms with Crippen LogP contribution in [0.1, 0.15) is 32.1 Å². The summed E-state index contributed by atoms with van der Waals surface area (Å²) in [6, 6.07) is 1.72. The predicted molar refractivity (Wildman–Crippen MR) is 47.1 cm³/mol. The first-order valence-corrected chi connectivity index (χ1v) is 5.32. The molecule has 3 heterocycles. The molecule has 3 fully saturated rings. The van der Waals surface area contributed by atoms with E-state index in [2.05, 4.69) is 4.90 Å².